The summed E-state index contributed by atoms with van der Waals surface area (Å²) >= 11 is 3.09. The number of nitro benzene ring substituents is 1. The van der Waals surface area contributed by atoms with Gasteiger partial charge in [0.1, 0.15) is 0 Å². The first-order valence-corrected chi connectivity index (χ1v) is 7.17. The average Bonchev–Trinajstić information content (AvgIpc) is 2.46. The van der Waals surface area contributed by atoms with Crippen molar-refractivity contribution in [3.05, 3.63) is 38.3 Å². The second kappa shape index (κ2) is 6.81. The largest absolute Gasteiger partial charge is 0.381 e. The number of carbonyl (C=O) groups is 1. The third kappa shape index (κ3) is 3.77. The summed E-state index contributed by atoms with van der Waals surface area (Å²) < 4.78 is 5.70. The number of amides is 1. The van der Waals surface area contributed by atoms with E-state index in [2.05, 4.69) is 21.2 Å². The Balaban J connectivity index is 1.98. The molecule has 1 aromatic carbocycles. The number of carbonyl (C=O) groups excluding carboxylic acids is 1. The fourth-order valence-electron chi connectivity index (χ4n) is 2.10. The van der Waals surface area contributed by atoms with Crippen LogP contribution in [0.1, 0.15) is 23.2 Å². The van der Waals surface area contributed by atoms with Crippen molar-refractivity contribution in [2.24, 2.45) is 5.92 Å². The first kappa shape index (κ1) is 14.9. The summed E-state index contributed by atoms with van der Waals surface area (Å²) in [4.78, 5) is 22.3. The van der Waals surface area contributed by atoms with Crippen LogP contribution in [0.2, 0.25) is 0 Å². The first-order valence-electron chi connectivity index (χ1n) is 6.38. The van der Waals surface area contributed by atoms with Gasteiger partial charge in [-0.15, -0.1) is 0 Å². The summed E-state index contributed by atoms with van der Waals surface area (Å²) in [5.74, 6) is 0.0179. The van der Waals surface area contributed by atoms with Gasteiger partial charge in [0.15, 0.2) is 0 Å². The van der Waals surface area contributed by atoms with E-state index in [9.17, 15) is 14.9 Å². The van der Waals surface area contributed by atoms with E-state index in [4.69, 9.17) is 4.74 Å². The number of rotatable bonds is 4. The van der Waals surface area contributed by atoms with Crippen molar-refractivity contribution < 1.29 is 14.5 Å². The molecule has 1 amide bonds. The summed E-state index contributed by atoms with van der Waals surface area (Å²) in [7, 11) is 0. The van der Waals surface area contributed by atoms with Gasteiger partial charge in [-0.3, -0.25) is 14.9 Å². The molecule has 0 bridgehead atoms. The predicted molar refractivity (Wildman–Crippen MR) is 76.7 cm³/mol. The van der Waals surface area contributed by atoms with E-state index in [0.717, 1.165) is 19.4 Å². The van der Waals surface area contributed by atoms with Gasteiger partial charge in [0.05, 0.1) is 16.0 Å². The lowest BCUT2D eigenvalue weighted by Crippen LogP contribution is -2.33. The zero-order valence-corrected chi connectivity index (χ0v) is 12.4. The lowest BCUT2D eigenvalue weighted by molar-refractivity contribution is -0.385. The van der Waals surface area contributed by atoms with Crippen molar-refractivity contribution in [2.45, 2.75) is 12.8 Å². The Bertz CT molecular complexity index is 515. The molecule has 1 aliphatic heterocycles. The fraction of sp³-hybridized carbons (Fsp3) is 0.462. The summed E-state index contributed by atoms with van der Waals surface area (Å²) in [6.07, 6.45) is 2.03. The highest BCUT2D eigenvalue weighted by Gasteiger charge is 2.18. The van der Waals surface area contributed by atoms with Crippen LogP contribution in [0, 0.1) is 16.0 Å². The van der Waals surface area contributed by atoms with Crippen molar-refractivity contribution >= 4 is 27.5 Å². The van der Waals surface area contributed by atoms with Gasteiger partial charge in [-0.2, -0.15) is 0 Å². The Morgan fingerprint density at radius 2 is 2.35 bits per heavy atom. The Morgan fingerprint density at radius 3 is 3.00 bits per heavy atom. The van der Waals surface area contributed by atoms with Crippen molar-refractivity contribution in [3.8, 4) is 0 Å². The molecule has 1 fully saturated rings. The van der Waals surface area contributed by atoms with Gasteiger partial charge in [-0.05, 0) is 46.8 Å². The van der Waals surface area contributed by atoms with Gasteiger partial charge < -0.3 is 10.1 Å². The van der Waals surface area contributed by atoms with E-state index in [1.807, 2.05) is 0 Å². The van der Waals surface area contributed by atoms with Crippen LogP contribution in [-0.4, -0.2) is 30.6 Å². The molecule has 1 saturated heterocycles. The number of ether oxygens (including phenoxy) is 1. The minimum atomic E-state index is -0.518. The molecule has 7 heteroatoms. The third-order valence-electron chi connectivity index (χ3n) is 3.21. The molecule has 1 atom stereocenters. The van der Waals surface area contributed by atoms with Gasteiger partial charge in [-0.25, -0.2) is 0 Å². The summed E-state index contributed by atoms with van der Waals surface area (Å²) in [5, 5.41) is 13.6. The number of benzene rings is 1. The van der Waals surface area contributed by atoms with E-state index in [-0.39, 0.29) is 17.2 Å². The lowest BCUT2D eigenvalue weighted by atomic mass is 10.0. The van der Waals surface area contributed by atoms with Crippen LogP contribution in [0.5, 0.6) is 0 Å². The van der Waals surface area contributed by atoms with Crippen molar-refractivity contribution in [2.75, 3.05) is 19.8 Å². The predicted octanol–water partition coefficient (Wildman–Crippen LogP) is 2.51. The maximum Gasteiger partial charge on any atom is 0.284 e. The molecule has 1 aliphatic rings. The maximum atomic E-state index is 12.0. The highest BCUT2D eigenvalue weighted by Crippen LogP contribution is 2.25. The molecule has 0 radical (unpaired) electrons. The number of nitrogens with zero attached hydrogens (tertiary/aromatic N) is 1. The van der Waals surface area contributed by atoms with Crippen LogP contribution in [0.15, 0.2) is 22.7 Å². The molecule has 2 rings (SSSR count). The molecule has 0 aromatic heterocycles. The Labute approximate surface area is 124 Å². The smallest absolute Gasteiger partial charge is 0.284 e. The summed E-state index contributed by atoms with van der Waals surface area (Å²) in [6.45, 7) is 1.97. The minimum absolute atomic E-state index is 0.112. The molecule has 0 saturated carbocycles. The highest BCUT2D eigenvalue weighted by molar-refractivity contribution is 9.10. The van der Waals surface area contributed by atoms with E-state index in [1.54, 1.807) is 6.07 Å². The zero-order chi connectivity index (χ0) is 14.5. The third-order valence-corrected chi connectivity index (χ3v) is 3.88. The Morgan fingerprint density at radius 1 is 1.55 bits per heavy atom. The number of halogens is 1. The second-order valence-corrected chi connectivity index (χ2v) is 5.57. The number of nitrogens with one attached hydrogen (secondary N) is 1. The van der Waals surface area contributed by atoms with E-state index in [0.29, 0.717) is 23.5 Å². The standard InChI is InChI=1S/C13H15BrN2O4/c14-11-4-3-10(6-12(11)16(18)19)13(17)15-7-9-2-1-5-20-8-9/h3-4,6,9H,1-2,5,7-8H2,(H,15,17). The van der Waals surface area contributed by atoms with E-state index >= 15 is 0 Å². The van der Waals surface area contributed by atoms with E-state index < -0.39 is 4.92 Å². The molecular formula is C13H15BrN2O4. The fourth-order valence-corrected chi connectivity index (χ4v) is 2.49. The van der Waals surface area contributed by atoms with Crippen LogP contribution in [-0.2, 0) is 4.74 Å². The molecule has 0 aliphatic carbocycles. The number of nitro groups is 1. The zero-order valence-electron chi connectivity index (χ0n) is 10.8. The molecule has 1 heterocycles. The molecule has 108 valence electrons. The van der Waals surface area contributed by atoms with Crippen LogP contribution in [0.4, 0.5) is 5.69 Å². The monoisotopic (exact) mass is 342 g/mol. The number of hydrogen-bond donors (Lipinski definition) is 1. The number of hydrogen-bond acceptors (Lipinski definition) is 4. The van der Waals surface area contributed by atoms with Crippen molar-refractivity contribution in [1.82, 2.24) is 5.32 Å². The molecule has 1 N–H and O–H groups in total. The maximum absolute atomic E-state index is 12.0. The molecule has 6 nitrogen and oxygen atoms in total. The van der Waals surface area contributed by atoms with Gasteiger partial charge in [0.2, 0.25) is 0 Å². The molecule has 0 spiro atoms. The topological polar surface area (TPSA) is 81.5 Å². The summed E-state index contributed by atoms with van der Waals surface area (Å²) in [5.41, 5.74) is 0.176. The van der Waals surface area contributed by atoms with Crippen LogP contribution < -0.4 is 5.32 Å². The Hall–Kier alpha value is -1.47. The van der Waals surface area contributed by atoms with E-state index in [1.165, 1.54) is 12.1 Å². The quantitative estimate of drug-likeness (QED) is 0.673. The van der Waals surface area contributed by atoms with Gasteiger partial charge in [0.25, 0.3) is 11.6 Å². The van der Waals surface area contributed by atoms with Crippen molar-refractivity contribution in [1.29, 1.82) is 0 Å². The second-order valence-electron chi connectivity index (χ2n) is 4.72. The molecular weight excluding hydrogens is 328 g/mol. The molecule has 1 aromatic rings. The minimum Gasteiger partial charge on any atom is -0.381 e. The van der Waals surface area contributed by atoms with Gasteiger partial charge >= 0.3 is 0 Å². The molecule has 1 unspecified atom stereocenters. The highest BCUT2D eigenvalue weighted by atomic mass is 79.9. The van der Waals surface area contributed by atoms with Crippen LogP contribution >= 0.6 is 15.9 Å². The lowest BCUT2D eigenvalue weighted by Gasteiger charge is -2.22. The van der Waals surface area contributed by atoms with Crippen LogP contribution in [0.3, 0.4) is 0 Å². The van der Waals surface area contributed by atoms with Crippen LogP contribution in [0.25, 0.3) is 0 Å². The van der Waals surface area contributed by atoms with Gasteiger partial charge in [-0.1, -0.05) is 0 Å². The normalized spacial score (nSPS) is 18.6. The molecule has 20 heavy (non-hydrogen) atoms. The van der Waals surface area contributed by atoms with Gasteiger partial charge in [0, 0.05) is 24.8 Å². The SMILES string of the molecule is O=C(NCC1CCCOC1)c1ccc(Br)c([N+](=O)[O-])c1. The first-order chi connectivity index (χ1) is 9.58. The summed E-state index contributed by atoms with van der Waals surface area (Å²) in [6, 6.07) is 4.34. The van der Waals surface area contributed by atoms with Crippen molar-refractivity contribution in [3.63, 3.8) is 0 Å². The average molecular weight is 343 g/mol. The Kier molecular flexibility index (Phi) is 5.08.